The number of nitrogens with one attached hydrogen (secondary N) is 2. The third-order valence-corrected chi connectivity index (χ3v) is 2.13. The number of carboxylic acid groups (broad SMARTS) is 1. The normalized spacial score (nSPS) is 11.1. The molecule has 100 valence electrons. The van der Waals surface area contributed by atoms with E-state index in [0.29, 0.717) is 19.4 Å². The molecule has 18 heavy (non-hydrogen) atoms. The Balaban J connectivity index is 4.08. The van der Waals surface area contributed by atoms with Gasteiger partial charge in [-0.3, -0.25) is 21.3 Å². The monoisotopic (exact) mass is 255 g/mol. The van der Waals surface area contributed by atoms with Gasteiger partial charge in [-0.15, -0.1) is 12.3 Å². The molecule has 0 bridgehead atoms. The topological polar surface area (TPSA) is 132 Å². The maximum Gasteiger partial charge on any atom is 0.338 e. The molecular weight excluding hydrogens is 236 g/mol. The zero-order valence-corrected chi connectivity index (χ0v) is 10.1. The first kappa shape index (κ1) is 15.8. The summed E-state index contributed by atoms with van der Waals surface area (Å²) in [7, 11) is 0. The predicted octanol–water partition coefficient (Wildman–Crippen LogP) is -2.90. The van der Waals surface area contributed by atoms with Crippen molar-refractivity contribution in [2.24, 2.45) is 11.5 Å². The van der Waals surface area contributed by atoms with Gasteiger partial charge in [-0.25, -0.2) is 4.79 Å². The molecule has 0 saturated carbocycles. The van der Waals surface area contributed by atoms with Gasteiger partial charge < -0.3 is 10.4 Å². The molecule has 7 heteroatoms. The van der Waals surface area contributed by atoms with Gasteiger partial charge in [0.1, 0.15) is 6.04 Å². The Hall–Kier alpha value is -2.23. The fraction of sp³-hybridized carbons (Fsp3) is 0.545. The van der Waals surface area contributed by atoms with Crippen molar-refractivity contribution in [3.05, 3.63) is 0 Å². The first-order valence-electron chi connectivity index (χ1n) is 5.54. The van der Waals surface area contributed by atoms with Crippen LogP contribution in [0.3, 0.4) is 0 Å². The molecule has 0 aliphatic carbocycles. The number of terminal acetylenes is 1. The van der Waals surface area contributed by atoms with Crippen LogP contribution < -0.4 is 21.8 Å². The zero-order valence-electron chi connectivity index (χ0n) is 10.1. The van der Waals surface area contributed by atoms with Gasteiger partial charge in [-0.1, -0.05) is 0 Å². The number of nitrogens with two attached hydrogens (primary N) is 2. The lowest BCUT2D eigenvalue weighted by Crippen LogP contribution is -2.78. The Morgan fingerprint density at radius 3 is 2.61 bits per heavy atom. The van der Waals surface area contributed by atoms with E-state index in [1.165, 1.54) is 0 Å². The van der Waals surface area contributed by atoms with Crippen LogP contribution >= 0.6 is 0 Å². The number of guanidine groups is 1. The lowest BCUT2D eigenvalue weighted by molar-refractivity contribution is -0.459. The van der Waals surface area contributed by atoms with E-state index in [1.54, 1.807) is 0 Å². The van der Waals surface area contributed by atoms with Gasteiger partial charge >= 0.3 is 11.9 Å². The molecule has 0 spiro atoms. The highest BCUT2D eigenvalue weighted by atomic mass is 16.4. The fourth-order valence-corrected chi connectivity index (χ4v) is 1.25. The fourth-order valence-electron chi connectivity index (χ4n) is 1.25. The molecule has 0 radical (unpaired) electrons. The summed E-state index contributed by atoms with van der Waals surface area (Å²) in [4.78, 5) is 24.9. The van der Waals surface area contributed by atoms with Gasteiger partial charge in [0.05, 0.1) is 6.54 Å². The van der Waals surface area contributed by atoms with Crippen molar-refractivity contribution in [3.63, 3.8) is 0 Å². The van der Waals surface area contributed by atoms with E-state index in [0.717, 1.165) is 0 Å². The average Bonchev–Trinajstić information content (AvgIpc) is 2.29. The van der Waals surface area contributed by atoms with Crippen LogP contribution in [-0.4, -0.2) is 35.5 Å². The van der Waals surface area contributed by atoms with Crippen LogP contribution in [-0.2, 0) is 9.59 Å². The van der Waals surface area contributed by atoms with E-state index in [9.17, 15) is 9.59 Å². The summed E-state index contributed by atoms with van der Waals surface area (Å²) in [5, 5.41) is 11.3. The van der Waals surface area contributed by atoms with Gasteiger partial charge in [-0.05, 0) is 12.8 Å². The first-order chi connectivity index (χ1) is 8.47. The molecule has 7 nitrogen and oxygen atoms in total. The van der Waals surface area contributed by atoms with E-state index in [1.807, 2.05) is 0 Å². The quantitative estimate of drug-likeness (QED) is 0.137. The lowest BCUT2D eigenvalue weighted by Gasteiger charge is -2.13. The number of hydrogen-bond acceptors (Lipinski definition) is 2. The number of rotatable bonds is 8. The minimum Gasteiger partial charge on any atom is -0.480 e. The van der Waals surface area contributed by atoms with Crippen LogP contribution in [0.1, 0.15) is 25.7 Å². The predicted molar refractivity (Wildman–Crippen MR) is 66.1 cm³/mol. The van der Waals surface area contributed by atoms with Gasteiger partial charge in [0.2, 0.25) is 5.91 Å². The SMILES string of the molecule is C#CCCC(=O)N[C@H](CCC[NH+]=C(N)N)C(=O)O. The minimum atomic E-state index is -1.08. The number of hydrogen-bond donors (Lipinski definition) is 5. The molecule has 0 aromatic rings. The maximum atomic E-state index is 11.3. The largest absolute Gasteiger partial charge is 0.480 e. The molecule has 0 saturated heterocycles. The van der Waals surface area contributed by atoms with Crippen molar-refractivity contribution < 1.29 is 19.7 Å². The minimum absolute atomic E-state index is 0.0833. The van der Waals surface area contributed by atoms with Crippen LogP contribution in [0.4, 0.5) is 0 Å². The second-order valence-corrected chi connectivity index (χ2v) is 3.69. The van der Waals surface area contributed by atoms with E-state index in [-0.39, 0.29) is 24.7 Å². The first-order valence-corrected chi connectivity index (χ1v) is 5.54. The summed E-state index contributed by atoms with van der Waals surface area (Å²) in [6, 6.07) is -0.920. The van der Waals surface area contributed by atoms with Crippen molar-refractivity contribution in [2.75, 3.05) is 6.54 Å². The van der Waals surface area contributed by atoms with Crippen molar-refractivity contribution in [3.8, 4) is 12.3 Å². The maximum absolute atomic E-state index is 11.3. The highest BCUT2D eigenvalue weighted by molar-refractivity contribution is 5.83. The zero-order chi connectivity index (χ0) is 14.0. The smallest absolute Gasteiger partial charge is 0.338 e. The van der Waals surface area contributed by atoms with Gasteiger partial charge in [0.25, 0.3) is 0 Å². The van der Waals surface area contributed by atoms with Crippen LogP contribution in [0.2, 0.25) is 0 Å². The van der Waals surface area contributed by atoms with Crippen molar-refractivity contribution >= 4 is 17.8 Å². The molecule has 0 heterocycles. The van der Waals surface area contributed by atoms with Crippen molar-refractivity contribution in [2.45, 2.75) is 31.7 Å². The summed E-state index contributed by atoms with van der Waals surface area (Å²) in [5.41, 5.74) is 10.4. The number of carbonyl (C=O) groups excluding carboxylic acids is 1. The van der Waals surface area contributed by atoms with E-state index in [4.69, 9.17) is 23.0 Å². The lowest BCUT2D eigenvalue weighted by atomic mass is 10.1. The molecule has 0 unspecified atom stereocenters. The van der Waals surface area contributed by atoms with Gasteiger partial charge in [0, 0.05) is 12.8 Å². The van der Waals surface area contributed by atoms with E-state index >= 15 is 0 Å². The summed E-state index contributed by atoms with van der Waals surface area (Å²) < 4.78 is 0. The van der Waals surface area contributed by atoms with E-state index < -0.39 is 12.0 Å². The van der Waals surface area contributed by atoms with Gasteiger partial charge in [0.15, 0.2) is 0 Å². The molecular formula is C11H19N4O3+. The summed E-state index contributed by atoms with van der Waals surface area (Å²) in [6.07, 6.45) is 6.24. The Morgan fingerprint density at radius 2 is 2.11 bits per heavy atom. The average molecular weight is 255 g/mol. The number of amides is 1. The van der Waals surface area contributed by atoms with Crippen LogP contribution in [0, 0.1) is 12.3 Å². The third-order valence-electron chi connectivity index (χ3n) is 2.13. The Morgan fingerprint density at radius 1 is 1.44 bits per heavy atom. The van der Waals surface area contributed by atoms with Gasteiger partial charge in [-0.2, -0.15) is 0 Å². The van der Waals surface area contributed by atoms with Crippen LogP contribution in [0.5, 0.6) is 0 Å². The number of carbonyl (C=O) groups is 2. The molecule has 7 N–H and O–H groups in total. The summed E-state index contributed by atoms with van der Waals surface area (Å²) in [5.74, 6) is 0.962. The summed E-state index contributed by atoms with van der Waals surface area (Å²) in [6.45, 7) is 0.451. The Kier molecular flexibility index (Phi) is 7.77. The molecule has 0 rings (SSSR count). The standard InChI is InChI=1S/C11H18N4O3/c1-2-3-6-9(16)15-8(10(17)18)5-4-7-14-11(12)13/h1,8H,3-7H2,(H,15,16)(H,17,18)(H4,12,13,14)/p+1/t8-/m1/s1. The number of aliphatic carboxylic acids is 1. The molecule has 0 aliphatic heterocycles. The molecule has 0 aromatic carbocycles. The van der Waals surface area contributed by atoms with Crippen LogP contribution in [0.25, 0.3) is 0 Å². The molecule has 0 fully saturated rings. The molecule has 1 amide bonds. The second-order valence-electron chi connectivity index (χ2n) is 3.69. The molecule has 0 aliphatic rings. The van der Waals surface area contributed by atoms with Crippen molar-refractivity contribution in [1.82, 2.24) is 5.32 Å². The highest BCUT2D eigenvalue weighted by Gasteiger charge is 2.18. The number of carboxylic acids is 1. The van der Waals surface area contributed by atoms with Crippen molar-refractivity contribution in [1.29, 1.82) is 0 Å². The third kappa shape index (κ3) is 7.98. The Labute approximate surface area is 106 Å². The molecule has 0 aromatic heterocycles. The summed E-state index contributed by atoms with van der Waals surface area (Å²) >= 11 is 0. The van der Waals surface area contributed by atoms with E-state index in [2.05, 4.69) is 16.2 Å². The highest BCUT2D eigenvalue weighted by Crippen LogP contribution is 1.98. The Bertz CT molecular complexity index is 356. The molecule has 1 atom stereocenters. The second kappa shape index (κ2) is 8.87. The van der Waals surface area contributed by atoms with Crippen LogP contribution in [0.15, 0.2) is 0 Å².